The van der Waals surface area contributed by atoms with Gasteiger partial charge in [0, 0.05) is 16.7 Å². The number of ketones is 1. The molecule has 2 aliphatic heterocycles. The third-order valence-electron chi connectivity index (χ3n) is 5.25. The van der Waals surface area contributed by atoms with Crippen LogP contribution in [0, 0.1) is 0 Å². The quantitative estimate of drug-likeness (QED) is 0.566. The van der Waals surface area contributed by atoms with Crippen LogP contribution < -0.4 is 9.64 Å². The molecule has 2 aromatic rings. The minimum absolute atomic E-state index is 0.150. The minimum Gasteiger partial charge on any atom is -0.494 e. The Morgan fingerprint density at radius 1 is 1.14 bits per heavy atom. The van der Waals surface area contributed by atoms with Crippen molar-refractivity contribution in [3.8, 4) is 5.75 Å². The lowest BCUT2D eigenvalue weighted by Crippen LogP contribution is -2.46. The summed E-state index contributed by atoms with van der Waals surface area (Å²) in [4.78, 5) is 28.0. The number of hydrogen-bond acceptors (Lipinski definition) is 3. The van der Waals surface area contributed by atoms with Gasteiger partial charge in [-0.1, -0.05) is 36.4 Å². The molecule has 2 aromatic carbocycles. The predicted octanol–water partition coefficient (Wildman–Crippen LogP) is 4.89. The standard InChI is InChI=1S/C24H23NO3/c1-5-28-17-11-18-15(2)14-24(3,4)25-22(18)19(12-17)20(23(25)27)13-21(26)16-9-7-6-8-10-16/h6-14H,5H2,1-4H3/b20-13+. The molecule has 0 radical (unpaired) electrons. The van der Waals surface area contributed by atoms with Crippen LogP contribution in [0.3, 0.4) is 0 Å². The molecule has 4 heteroatoms. The van der Waals surface area contributed by atoms with Gasteiger partial charge in [-0.05, 0) is 51.5 Å². The second kappa shape index (κ2) is 6.48. The van der Waals surface area contributed by atoms with Gasteiger partial charge in [-0.2, -0.15) is 0 Å². The molecular weight excluding hydrogens is 350 g/mol. The molecule has 0 bridgehead atoms. The summed E-state index contributed by atoms with van der Waals surface area (Å²) >= 11 is 0. The summed E-state index contributed by atoms with van der Waals surface area (Å²) in [6.07, 6.45) is 3.56. The van der Waals surface area contributed by atoms with Crippen molar-refractivity contribution in [2.45, 2.75) is 33.2 Å². The third kappa shape index (κ3) is 2.76. The molecule has 0 saturated heterocycles. The van der Waals surface area contributed by atoms with Gasteiger partial charge in [-0.25, -0.2) is 0 Å². The Labute approximate surface area is 165 Å². The number of carbonyl (C=O) groups excluding carboxylic acids is 2. The molecule has 28 heavy (non-hydrogen) atoms. The average molecular weight is 373 g/mol. The first-order chi connectivity index (χ1) is 13.3. The Morgan fingerprint density at radius 3 is 2.50 bits per heavy atom. The molecule has 0 N–H and O–H groups in total. The number of benzene rings is 2. The van der Waals surface area contributed by atoms with Crippen LogP contribution >= 0.6 is 0 Å². The largest absolute Gasteiger partial charge is 0.494 e. The Bertz CT molecular complexity index is 1050. The maximum absolute atomic E-state index is 13.4. The number of anilines is 1. The van der Waals surface area contributed by atoms with Gasteiger partial charge < -0.3 is 4.74 Å². The summed E-state index contributed by atoms with van der Waals surface area (Å²) in [7, 11) is 0. The smallest absolute Gasteiger partial charge is 0.259 e. The summed E-state index contributed by atoms with van der Waals surface area (Å²) in [5, 5.41) is 0. The van der Waals surface area contributed by atoms with E-state index in [1.54, 1.807) is 17.0 Å². The van der Waals surface area contributed by atoms with Gasteiger partial charge in [0.2, 0.25) is 0 Å². The molecule has 0 aromatic heterocycles. The summed E-state index contributed by atoms with van der Waals surface area (Å²) < 4.78 is 5.74. The normalized spacial score (nSPS) is 18.1. The SMILES string of the molecule is CCOc1cc2c3c(c1)/C(=C\C(=O)c1ccccc1)C(=O)N3C(C)(C)C=C2C. The topological polar surface area (TPSA) is 46.6 Å². The number of ether oxygens (including phenoxy) is 1. The second-order valence-corrected chi connectivity index (χ2v) is 7.71. The highest BCUT2D eigenvalue weighted by Crippen LogP contribution is 2.50. The number of hydrogen-bond donors (Lipinski definition) is 0. The number of rotatable bonds is 4. The third-order valence-corrected chi connectivity index (χ3v) is 5.25. The van der Waals surface area contributed by atoms with Crippen molar-refractivity contribution in [2.24, 2.45) is 0 Å². The molecule has 1 amide bonds. The first-order valence-corrected chi connectivity index (χ1v) is 9.50. The van der Waals surface area contributed by atoms with Crippen LogP contribution in [0.15, 0.2) is 54.6 Å². The molecule has 0 spiro atoms. The maximum Gasteiger partial charge on any atom is 0.259 e. The van der Waals surface area contributed by atoms with Crippen molar-refractivity contribution in [3.63, 3.8) is 0 Å². The fourth-order valence-corrected chi connectivity index (χ4v) is 4.12. The Balaban J connectivity index is 1.92. The number of amides is 1. The van der Waals surface area contributed by atoms with E-state index in [-0.39, 0.29) is 11.7 Å². The van der Waals surface area contributed by atoms with E-state index in [1.807, 2.05) is 58.0 Å². The van der Waals surface area contributed by atoms with Gasteiger partial charge in [0.05, 0.1) is 23.4 Å². The molecule has 2 heterocycles. The number of carbonyl (C=O) groups is 2. The Morgan fingerprint density at radius 2 is 1.82 bits per heavy atom. The molecule has 0 aliphatic carbocycles. The van der Waals surface area contributed by atoms with E-state index in [1.165, 1.54) is 6.08 Å². The van der Waals surface area contributed by atoms with E-state index in [4.69, 9.17) is 4.74 Å². The molecule has 4 rings (SSSR count). The highest BCUT2D eigenvalue weighted by molar-refractivity contribution is 6.37. The van der Waals surface area contributed by atoms with E-state index in [2.05, 4.69) is 6.08 Å². The Kier molecular flexibility index (Phi) is 4.22. The number of allylic oxidation sites excluding steroid dienone is 2. The van der Waals surface area contributed by atoms with E-state index in [9.17, 15) is 9.59 Å². The van der Waals surface area contributed by atoms with Crippen molar-refractivity contribution in [3.05, 3.63) is 71.3 Å². The van der Waals surface area contributed by atoms with Crippen molar-refractivity contribution >= 4 is 28.5 Å². The van der Waals surface area contributed by atoms with Gasteiger partial charge >= 0.3 is 0 Å². The van der Waals surface area contributed by atoms with E-state index in [0.717, 1.165) is 22.4 Å². The summed E-state index contributed by atoms with van der Waals surface area (Å²) in [5.74, 6) is 0.376. The summed E-state index contributed by atoms with van der Waals surface area (Å²) in [5.41, 5.74) is 4.21. The van der Waals surface area contributed by atoms with E-state index >= 15 is 0 Å². The second-order valence-electron chi connectivity index (χ2n) is 7.71. The van der Waals surface area contributed by atoms with Crippen LogP contribution in [-0.4, -0.2) is 23.8 Å². The van der Waals surface area contributed by atoms with Gasteiger partial charge in [-0.15, -0.1) is 0 Å². The molecule has 0 unspecified atom stereocenters. The lowest BCUT2D eigenvalue weighted by Gasteiger charge is -2.38. The first-order valence-electron chi connectivity index (χ1n) is 9.50. The minimum atomic E-state index is -0.471. The Hall–Kier alpha value is -3.14. The fourth-order valence-electron chi connectivity index (χ4n) is 4.12. The lowest BCUT2D eigenvalue weighted by molar-refractivity contribution is -0.113. The van der Waals surface area contributed by atoms with Crippen molar-refractivity contribution in [1.29, 1.82) is 0 Å². The highest BCUT2D eigenvalue weighted by atomic mass is 16.5. The van der Waals surface area contributed by atoms with Crippen LogP contribution in [0.5, 0.6) is 5.75 Å². The monoisotopic (exact) mass is 373 g/mol. The van der Waals surface area contributed by atoms with E-state index in [0.29, 0.717) is 23.5 Å². The van der Waals surface area contributed by atoms with Crippen LogP contribution in [-0.2, 0) is 4.79 Å². The lowest BCUT2D eigenvalue weighted by atomic mass is 9.89. The molecule has 142 valence electrons. The van der Waals surface area contributed by atoms with Crippen LogP contribution in [0.1, 0.15) is 49.2 Å². The molecule has 2 aliphatic rings. The van der Waals surface area contributed by atoms with Gasteiger partial charge in [-0.3, -0.25) is 14.5 Å². The van der Waals surface area contributed by atoms with E-state index < -0.39 is 5.54 Å². The van der Waals surface area contributed by atoms with Crippen LogP contribution in [0.2, 0.25) is 0 Å². The van der Waals surface area contributed by atoms with Crippen molar-refractivity contribution < 1.29 is 14.3 Å². The molecule has 0 fully saturated rings. The van der Waals surface area contributed by atoms with Crippen molar-refractivity contribution in [1.82, 2.24) is 0 Å². The number of nitrogens with zero attached hydrogens (tertiary/aromatic N) is 1. The fraction of sp³-hybridized carbons (Fsp3) is 0.250. The first kappa shape index (κ1) is 18.2. The van der Waals surface area contributed by atoms with Crippen LogP contribution in [0.4, 0.5) is 5.69 Å². The zero-order chi connectivity index (χ0) is 20.1. The molecule has 0 atom stereocenters. The predicted molar refractivity (Wildman–Crippen MR) is 112 cm³/mol. The highest BCUT2D eigenvalue weighted by Gasteiger charge is 2.44. The van der Waals surface area contributed by atoms with Crippen LogP contribution in [0.25, 0.3) is 11.1 Å². The summed E-state index contributed by atoms with van der Waals surface area (Å²) in [6.45, 7) is 8.54. The van der Waals surface area contributed by atoms with Gasteiger partial charge in [0.25, 0.3) is 5.91 Å². The summed E-state index contributed by atoms with van der Waals surface area (Å²) in [6, 6.07) is 12.9. The van der Waals surface area contributed by atoms with Gasteiger partial charge in [0.15, 0.2) is 5.78 Å². The zero-order valence-corrected chi connectivity index (χ0v) is 16.6. The zero-order valence-electron chi connectivity index (χ0n) is 16.6. The maximum atomic E-state index is 13.4. The molecular formula is C24H23NO3. The molecule has 0 saturated carbocycles. The van der Waals surface area contributed by atoms with Crippen molar-refractivity contribution in [2.75, 3.05) is 11.5 Å². The van der Waals surface area contributed by atoms with Gasteiger partial charge in [0.1, 0.15) is 5.75 Å². The molecule has 4 nitrogen and oxygen atoms in total. The average Bonchev–Trinajstić information content (AvgIpc) is 2.93.